The van der Waals surface area contributed by atoms with Crippen LogP contribution in [0.4, 0.5) is 0 Å². The molecule has 2 heterocycles. The van der Waals surface area contributed by atoms with Crippen molar-refractivity contribution < 1.29 is 19.3 Å². The van der Waals surface area contributed by atoms with Gasteiger partial charge in [-0.1, -0.05) is 39.0 Å². The van der Waals surface area contributed by atoms with Gasteiger partial charge in [-0.05, 0) is 68.5 Å². The lowest BCUT2D eigenvalue weighted by molar-refractivity contribution is -0.263. The van der Waals surface area contributed by atoms with Gasteiger partial charge in [-0.3, -0.25) is 4.90 Å². The third-order valence-corrected chi connectivity index (χ3v) is 11.5. The van der Waals surface area contributed by atoms with E-state index in [0.717, 1.165) is 43.2 Å². The van der Waals surface area contributed by atoms with Crippen molar-refractivity contribution in [2.75, 3.05) is 27.3 Å². The molecule has 35 heavy (non-hydrogen) atoms. The highest BCUT2D eigenvalue weighted by atomic mass is 16.6. The SMILES string of the molecule is COc1ccc2c3c1O[C@H]1[C@]4(OC)C=C[C@]5(CC4C(C)(O)C(C)(C)C)[C@@H](C2)N(CC2CC2)CC[C@]315. The molecule has 0 radical (unpaired) electrons. The highest BCUT2D eigenvalue weighted by molar-refractivity contribution is 5.65. The van der Waals surface area contributed by atoms with Crippen LogP contribution in [0.1, 0.15) is 64.5 Å². The van der Waals surface area contributed by atoms with Crippen LogP contribution < -0.4 is 9.47 Å². The Morgan fingerprint density at radius 2 is 1.91 bits per heavy atom. The van der Waals surface area contributed by atoms with E-state index in [2.05, 4.69) is 50.0 Å². The van der Waals surface area contributed by atoms with Crippen LogP contribution in [-0.4, -0.2) is 60.7 Å². The second-order valence-electron chi connectivity index (χ2n) is 13.6. The highest BCUT2D eigenvalue weighted by Crippen LogP contribution is 2.76. The standard InChI is InChI=1S/C30H41NO4/c1-26(2,3)27(4,32)21-16-28-11-12-30(21,34-6)25-29(28)13-14-31(17-18-7-8-18)22(28)15-19-9-10-20(33-5)24(35-25)23(19)29/h9-12,18,21-22,25,32H,7-8,13-17H2,1-6H3/t21?,22-,25-,27?,28+,29+,30+/m1/s1. The first-order valence-corrected chi connectivity index (χ1v) is 13.6. The molecule has 5 heteroatoms. The molecule has 2 saturated carbocycles. The Hall–Kier alpha value is -1.56. The second kappa shape index (κ2) is 6.65. The van der Waals surface area contributed by atoms with Gasteiger partial charge in [0.25, 0.3) is 0 Å². The molecule has 4 bridgehead atoms. The fraction of sp³-hybridized carbons (Fsp3) is 0.733. The number of benzene rings is 1. The Morgan fingerprint density at radius 3 is 2.57 bits per heavy atom. The van der Waals surface area contributed by atoms with Gasteiger partial charge in [0.05, 0.1) is 18.1 Å². The van der Waals surface area contributed by atoms with E-state index in [0.29, 0.717) is 6.04 Å². The van der Waals surface area contributed by atoms with Crippen LogP contribution in [0.25, 0.3) is 0 Å². The molecule has 0 amide bonds. The molecule has 3 fully saturated rings. The number of fused-ring (bicyclic) bond motifs is 1. The smallest absolute Gasteiger partial charge is 0.166 e. The molecule has 7 aliphatic rings. The number of piperidine rings is 1. The van der Waals surface area contributed by atoms with Crippen LogP contribution in [0.3, 0.4) is 0 Å². The Balaban J connectivity index is 1.49. The van der Waals surface area contributed by atoms with Crippen molar-refractivity contribution in [3.63, 3.8) is 0 Å². The summed E-state index contributed by atoms with van der Waals surface area (Å²) >= 11 is 0. The van der Waals surface area contributed by atoms with Gasteiger partial charge < -0.3 is 19.3 Å². The summed E-state index contributed by atoms with van der Waals surface area (Å²) in [5.74, 6) is 2.53. The van der Waals surface area contributed by atoms with Crippen molar-refractivity contribution in [2.45, 2.75) is 88.6 Å². The summed E-state index contributed by atoms with van der Waals surface area (Å²) in [5.41, 5.74) is 0.639. The molecule has 2 spiro atoms. The Labute approximate surface area is 209 Å². The van der Waals surface area contributed by atoms with Gasteiger partial charge in [0.1, 0.15) is 11.7 Å². The van der Waals surface area contributed by atoms with Gasteiger partial charge in [0.15, 0.2) is 11.5 Å². The lowest BCUT2D eigenvalue weighted by atomic mass is 9.35. The number of likely N-dealkylation sites (tertiary alicyclic amines) is 1. The first-order valence-electron chi connectivity index (χ1n) is 13.6. The number of aliphatic hydroxyl groups is 1. The quantitative estimate of drug-likeness (QED) is 0.631. The van der Waals surface area contributed by atoms with Crippen molar-refractivity contribution in [1.29, 1.82) is 0 Å². The molecule has 1 N–H and O–H groups in total. The summed E-state index contributed by atoms with van der Waals surface area (Å²) in [6.07, 6.45) is 10.4. The van der Waals surface area contributed by atoms with Crippen LogP contribution in [0, 0.1) is 22.7 Å². The lowest BCUT2D eigenvalue weighted by Gasteiger charge is -2.73. The minimum atomic E-state index is -0.930. The van der Waals surface area contributed by atoms with E-state index in [1.807, 2.05) is 14.0 Å². The molecular weight excluding hydrogens is 438 g/mol. The number of rotatable bonds is 5. The maximum Gasteiger partial charge on any atom is 0.166 e. The average Bonchev–Trinajstić information content (AvgIpc) is 3.56. The fourth-order valence-corrected chi connectivity index (χ4v) is 9.09. The van der Waals surface area contributed by atoms with E-state index >= 15 is 0 Å². The predicted molar refractivity (Wildman–Crippen MR) is 135 cm³/mol. The number of methoxy groups -OCH3 is 2. The third kappa shape index (κ3) is 2.42. The van der Waals surface area contributed by atoms with Crippen molar-refractivity contribution >= 4 is 0 Å². The maximum absolute atomic E-state index is 12.2. The zero-order valence-electron chi connectivity index (χ0n) is 22.2. The largest absolute Gasteiger partial charge is 0.493 e. The molecular formula is C30H41NO4. The second-order valence-corrected chi connectivity index (χ2v) is 13.6. The van der Waals surface area contributed by atoms with Gasteiger partial charge in [-0.25, -0.2) is 0 Å². The van der Waals surface area contributed by atoms with E-state index in [-0.39, 0.29) is 28.3 Å². The Morgan fingerprint density at radius 1 is 1.14 bits per heavy atom. The summed E-state index contributed by atoms with van der Waals surface area (Å²) in [4.78, 5) is 2.81. The molecule has 0 aromatic heterocycles. The van der Waals surface area contributed by atoms with E-state index in [9.17, 15) is 5.11 Å². The van der Waals surface area contributed by atoms with Crippen molar-refractivity contribution in [1.82, 2.24) is 4.90 Å². The summed E-state index contributed by atoms with van der Waals surface area (Å²) in [6, 6.07) is 4.80. The topological polar surface area (TPSA) is 51.2 Å². The third-order valence-electron chi connectivity index (χ3n) is 11.5. The molecule has 5 aliphatic carbocycles. The average molecular weight is 480 g/mol. The zero-order chi connectivity index (χ0) is 24.6. The van der Waals surface area contributed by atoms with Gasteiger partial charge in [0.2, 0.25) is 0 Å². The van der Waals surface area contributed by atoms with Crippen molar-refractivity contribution in [2.24, 2.45) is 22.7 Å². The van der Waals surface area contributed by atoms with Crippen molar-refractivity contribution in [3.8, 4) is 11.5 Å². The van der Waals surface area contributed by atoms with Crippen LogP contribution >= 0.6 is 0 Å². The Bertz CT molecular complexity index is 1120. The predicted octanol–water partition coefficient (Wildman–Crippen LogP) is 4.49. The monoisotopic (exact) mass is 479 g/mol. The fourth-order valence-electron chi connectivity index (χ4n) is 9.09. The molecule has 1 aromatic rings. The molecule has 8 rings (SSSR count). The number of hydrogen-bond acceptors (Lipinski definition) is 5. The molecule has 7 atom stereocenters. The lowest BCUT2D eigenvalue weighted by Crippen LogP contribution is -2.81. The first-order chi connectivity index (χ1) is 16.6. The molecule has 2 unspecified atom stereocenters. The van der Waals surface area contributed by atoms with Gasteiger partial charge in [-0.15, -0.1) is 0 Å². The Kier molecular flexibility index (Phi) is 4.30. The summed E-state index contributed by atoms with van der Waals surface area (Å²) in [6.45, 7) is 10.8. The number of nitrogens with zero attached hydrogens (tertiary/aromatic N) is 1. The summed E-state index contributed by atoms with van der Waals surface area (Å²) < 4.78 is 19.5. The van der Waals surface area contributed by atoms with Crippen molar-refractivity contribution in [3.05, 3.63) is 35.4 Å². The number of hydrogen-bond donors (Lipinski definition) is 1. The van der Waals surface area contributed by atoms with Crippen LogP contribution in [0.2, 0.25) is 0 Å². The molecule has 1 aromatic carbocycles. The maximum atomic E-state index is 12.2. The first kappa shape index (κ1) is 22.6. The highest BCUT2D eigenvalue weighted by Gasteiger charge is 2.81. The van der Waals surface area contributed by atoms with Crippen LogP contribution in [-0.2, 0) is 16.6 Å². The van der Waals surface area contributed by atoms with Crippen LogP contribution in [0.5, 0.6) is 11.5 Å². The van der Waals surface area contributed by atoms with Gasteiger partial charge in [0, 0.05) is 36.6 Å². The van der Waals surface area contributed by atoms with E-state index in [1.165, 1.54) is 30.5 Å². The normalized spacial score (nSPS) is 42.4. The molecule has 5 nitrogen and oxygen atoms in total. The summed E-state index contributed by atoms with van der Waals surface area (Å²) in [5, 5.41) is 12.2. The molecule has 1 saturated heterocycles. The van der Waals surface area contributed by atoms with Gasteiger partial charge >= 0.3 is 0 Å². The molecule has 2 aliphatic heterocycles. The summed E-state index contributed by atoms with van der Waals surface area (Å²) in [7, 11) is 3.56. The van der Waals surface area contributed by atoms with E-state index in [1.54, 1.807) is 7.11 Å². The minimum Gasteiger partial charge on any atom is -0.493 e. The minimum absolute atomic E-state index is 0.0756. The van der Waals surface area contributed by atoms with E-state index < -0.39 is 11.2 Å². The number of ether oxygens (including phenoxy) is 3. The van der Waals surface area contributed by atoms with Gasteiger partial charge in [-0.2, -0.15) is 0 Å². The van der Waals surface area contributed by atoms with Crippen LogP contribution in [0.15, 0.2) is 24.3 Å². The molecule has 190 valence electrons. The zero-order valence-corrected chi connectivity index (χ0v) is 22.2. The van der Waals surface area contributed by atoms with E-state index in [4.69, 9.17) is 14.2 Å².